The van der Waals surface area contributed by atoms with Crippen LogP contribution >= 0.6 is 0 Å². The van der Waals surface area contributed by atoms with E-state index in [0.29, 0.717) is 11.8 Å². The Morgan fingerprint density at radius 2 is 2.05 bits per heavy atom. The van der Waals surface area contributed by atoms with Gasteiger partial charge in [0, 0.05) is 19.3 Å². The maximum atomic E-state index is 12.3. The molecule has 0 saturated heterocycles. The minimum atomic E-state index is -0.510. The Morgan fingerprint density at radius 1 is 1.35 bits per heavy atom. The third-order valence-corrected chi connectivity index (χ3v) is 3.98. The van der Waals surface area contributed by atoms with Crippen molar-refractivity contribution in [3.8, 4) is 0 Å². The molecule has 1 saturated carbocycles. The molecule has 0 heterocycles. The van der Waals surface area contributed by atoms with Crippen LogP contribution in [0.3, 0.4) is 0 Å². The number of hydrogen-bond acceptors (Lipinski definition) is 4. The first-order chi connectivity index (χ1) is 9.42. The Labute approximate surface area is 123 Å². The van der Waals surface area contributed by atoms with Crippen LogP contribution < -0.4 is 5.32 Å². The Bertz CT molecular complexity index is 304. The van der Waals surface area contributed by atoms with E-state index in [4.69, 9.17) is 9.47 Å². The van der Waals surface area contributed by atoms with Crippen molar-refractivity contribution in [1.82, 2.24) is 5.32 Å². The van der Waals surface area contributed by atoms with E-state index in [-0.39, 0.29) is 12.0 Å². The highest BCUT2D eigenvalue weighted by Gasteiger charge is 2.49. The van der Waals surface area contributed by atoms with Crippen LogP contribution in [0, 0.1) is 11.8 Å². The van der Waals surface area contributed by atoms with E-state index in [1.807, 2.05) is 0 Å². The number of rotatable bonds is 8. The molecule has 1 aliphatic rings. The number of esters is 1. The van der Waals surface area contributed by atoms with Crippen LogP contribution in [-0.2, 0) is 14.3 Å². The van der Waals surface area contributed by atoms with Gasteiger partial charge in [-0.3, -0.25) is 10.1 Å². The minimum Gasteiger partial charge on any atom is -0.468 e. The van der Waals surface area contributed by atoms with Gasteiger partial charge in [0.25, 0.3) is 0 Å². The molecule has 4 nitrogen and oxygen atoms in total. The third-order valence-electron chi connectivity index (χ3n) is 3.98. The molecule has 0 spiro atoms. The SMILES string of the molecule is COC(=O)C1(NC(C)C)CCCC1CCOCC(C)C. The van der Waals surface area contributed by atoms with Crippen LogP contribution in [0.1, 0.15) is 53.4 Å². The van der Waals surface area contributed by atoms with Gasteiger partial charge < -0.3 is 9.47 Å². The molecule has 0 aliphatic heterocycles. The molecule has 2 unspecified atom stereocenters. The number of carbonyl (C=O) groups is 1. The van der Waals surface area contributed by atoms with Crippen molar-refractivity contribution in [2.24, 2.45) is 11.8 Å². The number of hydrogen-bond donors (Lipinski definition) is 1. The van der Waals surface area contributed by atoms with Crippen LogP contribution in [-0.4, -0.2) is 37.9 Å². The Kier molecular flexibility index (Phi) is 6.96. The fourth-order valence-electron chi connectivity index (χ4n) is 3.23. The van der Waals surface area contributed by atoms with Gasteiger partial charge in [0.1, 0.15) is 5.54 Å². The van der Waals surface area contributed by atoms with Gasteiger partial charge in [-0.25, -0.2) is 0 Å². The largest absolute Gasteiger partial charge is 0.468 e. The molecule has 0 aromatic rings. The number of methoxy groups -OCH3 is 1. The number of ether oxygens (including phenoxy) is 2. The van der Waals surface area contributed by atoms with Crippen LogP contribution in [0.25, 0.3) is 0 Å². The first-order valence-corrected chi connectivity index (χ1v) is 7.86. The summed E-state index contributed by atoms with van der Waals surface area (Å²) in [5, 5.41) is 3.48. The summed E-state index contributed by atoms with van der Waals surface area (Å²) >= 11 is 0. The van der Waals surface area contributed by atoms with E-state index in [1.54, 1.807) is 0 Å². The molecule has 118 valence electrons. The minimum absolute atomic E-state index is 0.113. The molecule has 1 rings (SSSR count). The summed E-state index contributed by atoms with van der Waals surface area (Å²) < 4.78 is 10.8. The molecule has 0 aromatic heterocycles. The zero-order valence-electron chi connectivity index (χ0n) is 13.7. The van der Waals surface area contributed by atoms with Gasteiger partial charge in [-0.15, -0.1) is 0 Å². The highest BCUT2D eigenvalue weighted by Crippen LogP contribution is 2.39. The van der Waals surface area contributed by atoms with Crippen molar-refractivity contribution >= 4 is 5.97 Å². The Hall–Kier alpha value is -0.610. The summed E-state index contributed by atoms with van der Waals surface area (Å²) in [7, 11) is 1.48. The summed E-state index contributed by atoms with van der Waals surface area (Å²) in [4.78, 5) is 12.3. The van der Waals surface area contributed by atoms with E-state index >= 15 is 0 Å². The predicted octanol–water partition coefficient (Wildman–Crippen LogP) is 2.76. The molecular formula is C16H31NO3. The van der Waals surface area contributed by atoms with Crippen molar-refractivity contribution in [2.45, 2.75) is 65.0 Å². The molecule has 0 radical (unpaired) electrons. The Balaban J connectivity index is 2.63. The first-order valence-electron chi connectivity index (χ1n) is 7.86. The zero-order valence-corrected chi connectivity index (χ0v) is 13.7. The third kappa shape index (κ3) is 4.45. The molecule has 0 amide bonds. The predicted molar refractivity (Wildman–Crippen MR) is 80.6 cm³/mol. The van der Waals surface area contributed by atoms with Gasteiger partial charge >= 0.3 is 5.97 Å². The van der Waals surface area contributed by atoms with Crippen molar-refractivity contribution in [1.29, 1.82) is 0 Å². The lowest BCUT2D eigenvalue weighted by molar-refractivity contribution is -0.151. The van der Waals surface area contributed by atoms with Crippen LogP contribution in [0.5, 0.6) is 0 Å². The smallest absolute Gasteiger partial charge is 0.326 e. The molecule has 2 atom stereocenters. The van der Waals surface area contributed by atoms with E-state index in [1.165, 1.54) is 7.11 Å². The summed E-state index contributed by atoms with van der Waals surface area (Å²) in [6.45, 7) is 9.96. The molecule has 0 aromatic carbocycles. The van der Waals surface area contributed by atoms with E-state index in [2.05, 4.69) is 33.0 Å². The standard InChI is InChI=1S/C16H31NO3/c1-12(2)11-20-10-8-14-7-6-9-16(14,15(18)19-5)17-13(3)4/h12-14,17H,6-11H2,1-5H3. The lowest BCUT2D eigenvalue weighted by Gasteiger charge is -2.35. The molecule has 1 aliphatic carbocycles. The second-order valence-electron chi connectivity index (χ2n) is 6.61. The van der Waals surface area contributed by atoms with Gasteiger partial charge in [-0.05, 0) is 44.9 Å². The van der Waals surface area contributed by atoms with Gasteiger partial charge in [0.15, 0.2) is 0 Å². The average molecular weight is 285 g/mol. The Morgan fingerprint density at radius 3 is 2.60 bits per heavy atom. The van der Waals surface area contributed by atoms with Crippen molar-refractivity contribution in [3.63, 3.8) is 0 Å². The van der Waals surface area contributed by atoms with Crippen LogP contribution in [0.4, 0.5) is 0 Å². The maximum absolute atomic E-state index is 12.3. The van der Waals surface area contributed by atoms with Gasteiger partial charge in [-0.1, -0.05) is 20.3 Å². The quantitative estimate of drug-likeness (QED) is 0.550. The molecule has 1 fully saturated rings. The monoisotopic (exact) mass is 285 g/mol. The summed E-state index contributed by atoms with van der Waals surface area (Å²) in [6.07, 6.45) is 3.93. The lowest BCUT2D eigenvalue weighted by Crippen LogP contribution is -2.57. The topological polar surface area (TPSA) is 47.6 Å². The average Bonchev–Trinajstić information content (AvgIpc) is 2.76. The van der Waals surface area contributed by atoms with Crippen molar-refractivity contribution < 1.29 is 14.3 Å². The van der Waals surface area contributed by atoms with E-state index in [9.17, 15) is 4.79 Å². The van der Waals surface area contributed by atoms with Crippen LogP contribution in [0.2, 0.25) is 0 Å². The number of nitrogens with one attached hydrogen (secondary N) is 1. The van der Waals surface area contributed by atoms with Gasteiger partial charge in [-0.2, -0.15) is 0 Å². The molecule has 4 heteroatoms. The zero-order chi connectivity index (χ0) is 15.2. The molecule has 0 bridgehead atoms. The second-order valence-corrected chi connectivity index (χ2v) is 6.61. The highest BCUT2D eigenvalue weighted by atomic mass is 16.5. The summed E-state index contributed by atoms with van der Waals surface area (Å²) in [6, 6.07) is 0.270. The van der Waals surface area contributed by atoms with Gasteiger partial charge in [0.2, 0.25) is 0 Å². The van der Waals surface area contributed by atoms with E-state index < -0.39 is 5.54 Å². The van der Waals surface area contributed by atoms with Crippen molar-refractivity contribution in [2.75, 3.05) is 20.3 Å². The number of carbonyl (C=O) groups excluding carboxylic acids is 1. The molecular weight excluding hydrogens is 254 g/mol. The van der Waals surface area contributed by atoms with Gasteiger partial charge in [0.05, 0.1) is 7.11 Å². The summed E-state index contributed by atoms with van der Waals surface area (Å²) in [5.74, 6) is 0.750. The second kappa shape index (κ2) is 7.99. The first kappa shape index (κ1) is 17.4. The van der Waals surface area contributed by atoms with Crippen LogP contribution in [0.15, 0.2) is 0 Å². The normalized spacial score (nSPS) is 26.4. The maximum Gasteiger partial charge on any atom is 0.326 e. The fraction of sp³-hybridized carbons (Fsp3) is 0.938. The highest BCUT2D eigenvalue weighted by molar-refractivity contribution is 5.81. The van der Waals surface area contributed by atoms with E-state index in [0.717, 1.165) is 38.9 Å². The fourth-order valence-corrected chi connectivity index (χ4v) is 3.23. The molecule has 1 N–H and O–H groups in total. The van der Waals surface area contributed by atoms with Crippen molar-refractivity contribution in [3.05, 3.63) is 0 Å². The lowest BCUT2D eigenvalue weighted by atomic mass is 9.84. The summed E-state index contributed by atoms with van der Waals surface area (Å²) in [5.41, 5.74) is -0.510. The molecule has 20 heavy (non-hydrogen) atoms.